The zero-order valence-corrected chi connectivity index (χ0v) is 27.0. The Morgan fingerprint density at radius 3 is 1.83 bits per heavy atom. The quantitative estimate of drug-likeness (QED) is 0.174. The number of anilines is 3. The van der Waals surface area contributed by atoms with Crippen molar-refractivity contribution in [2.45, 2.75) is 0 Å². The van der Waals surface area contributed by atoms with Crippen LogP contribution in [0.3, 0.4) is 0 Å². The van der Waals surface area contributed by atoms with Gasteiger partial charge in [-0.15, -0.1) is 22.7 Å². The molecule has 0 aliphatic rings. The topological polar surface area (TPSA) is 3.24 Å². The van der Waals surface area contributed by atoms with Gasteiger partial charge in [0.05, 0.1) is 16.1 Å². The van der Waals surface area contributed by atoms with E-state index in [4.69, 9.17) is 0 Å². The number of benzene rings is 8. The van der Waals surface area contributed by atoms with E-state index in [1.807, 2.05) is 22.7 Å². The molecule has 0 bridgehead atoms. The van der Waals surface area contributed by atoms with Crippen molar-refractivity contribution in [3.8, 4) is 11.1 Å². The molecule has 1 nitrogen and oxygen atoms in total. The van der Waals surface area contributed by atoms with Crippen LogP contribution in [0.5, 0.6) is 0 Å². The molecular formula is C44H27NS2. The van der Waals surface area contributed by atoms with Crippen molar-refractivity contribution in [2.75, 3.05) is 4.90 Å². The molecule has 2 aromatic heterocycles. The van der Waals surface area contributed by atoms with Crippen molar-refractivity contribution < 1.29 is 0 Å². The third kappa shape index (κ3) is 4.14. The number of hydrogen-bond donors (Lipinski definition) is 0. The van der Waals surface area contributed by atoms with E-state index in [1.165, 1.54) is 84.4 Å². The van der Waals surface area contributed by atoms with E-state index in [9.17, 15) is 0 Å². The summed E-state index contributed by atoms with van der Waals surface area (Å²) < 4.78 is 5.26. The molecule has 0 atom stereocenters. The van der Waals surface area contributed by atoms with Gasteiger partial charge in [0, 0.05) is 46.7 Å². The van der Waals surface area contributed by atoms with E-state index in [2.05, 4.69) is 169 Å². The Bertz CT molecular complexity index is 2800. The summed E-state index contributed by atoms with van der Waals surface area (Å²) in [5, 5.41) is 10.3. The van der Waals surface area contributed by atoms with E-state index in [1.54, 1.807) is 0 Å². The molecule has 0 spiro atoms. The average Bonchev–Trinajstić information content (AvgIpc) is 3.71. The average molecular weight is 634 g/mol. The van der Waals surface area contributed by atoms with Gasteiger partial charge in [-0.25, -0.2) is 0 Å². The first kappa shape index (κ1) is 26.7. The van der Waals surface area contributed by atoms with Crippen molar-refractivity contribution in [3.05, 3.63) is 164 Å². The molecule has 0 amide bonds. The second kappa shape index (κ2) is 10.5. The van der Waals surface area contributed by atoms with Crippen molar-refractivity contribution in [3.63, 3.8) is 0 Å². The second-order valence-electron chi connectivity index (χ2n) is 12.1. The van der Waals surface area contributed by atoms with Gasteiger partial charge in [-0.2, -0.15) is 0 Å². The maximum atomic E-state index is 2.48. The van der Waals surface area contributed by atoms with Gasteiger partial charge in [-0.1, -0.05) is 121 Å². The highest BCUT2D eigenvalue weighted by Gasteiger charge is 2.21. The fraction of sp³-hybridized carbons (Fsp3) is 0. The van der Waals surface area contributed by atoms with Gasteiger partial charge in [0.15, 0.2) is 0 Å². The maximum Gasteiger partial charge on any atom is 0.0640 e. The van der Waals surface area contributed by atoms with Crippen molar-refractivity contribution in [1.82, 2.24) is 0 Å². The summed E-state index contributed by atoms with van der Waals surface area (Å²) in [6.45, 7) is 0. The number of rotatable bonds is 4. The lowest BCUT2D eigenvalue weighted by atomic mass is 9.97. The Balaban J connectivity index is 1.23. The molecule has 10 rings (SSSR count). The van der Waals surface area contributed by atoms with Gasteiger partial charge < -0.3 is 4.90 Å². The Hall–Kier alpha value is -5.48. The Kier molecular flexibility index (Phi) is 5.98. The normalized spacial score (nSPS) is 11.8. The van der Waals surface area contributed by atoms with Gasteiger partial charge in [0.25, 0.3) is 0 Å². The molecule has 0 saturated heterocycles. The summed E-state index contributed by atoms with van der Waals surface area (Å²) in [6.07, 6.45) is 0. The second-order valence-corrected chi connectivity index (χ2v) is 14.2. The minimum absolute atomic E-state index is 1.14. The van der Waals surface area contributed by atoms with Crippen LogP contribution in [0.1, 0.15) is 0 Å². The molecule has 220 valence electrons. The molecule has 0 N–H and O–H groups in total. The van der Waals surface area contributed by atoms with E-state index in [0.29, 0.717) is 0 Å². The predicted molar refractivity (Wildman–Crippen MR) is 207 cm³/mol. The number of fused-ring (bicyclic) bond motifs is 9. The first-order valence-corrected chi connectivity index (χ1v) is 17.6. The van der Waals surface area contributed by atoms with E-state index < -0.39 is 0 Å². The van der Waals surface area contributed by atoms with Gasteiger partial charge in [-0.3, -0.25) is 0 Å². The first-order chi connectivity index (χ1) is 23.3. The summed E-state index contributed by atoms with van der Waals surface area (Å²) in [4.78, 5) is 2.48. The standard InChI is InChI=1S/C44H27NS2/c1-2-12-31-29(11-1)27-39(34-14-4-3-13-33(31)34)45(38-19-9-18-36-35-15-5-7-20-40(35)47-44(36)38)30-25-23-28(24-26-30)32-17-10-22-42-43(32)37-16-6-8-21-41(37)46-42/h1-27H. The summed E-state index contributed by atoms with van der Waals surface area (Å²) in [5.41, 5.74) is 6.03. The molecule has 3 heteroatoms. The Morgan fingerprint density at radius 1 is 0.383 bits per heavy atom. The molecule has 47 heavy (non-hydrogen) atoms. The molecule has 0 fully saturated rings. The lowest BCUT2D eigenvalue weighted by Crippen LogP contribution is -2.10. The predicted octanol–water partition coefficient (Wildman–Crippen LogP) is 13.9. The largest absolute Gasteiger partial charge is 0.308 e. The molecule has 0 aliphatic carbocycles. The van der Waals surface area contributed by atoms with Gasteiger partial charge >= 0.3 is 0 Å². The van der Waals surface area contributed by atoms with Crippen LogP contribution >= 0.6 is 22.7 Å². The molecule has 8 aromatic carbocycles. The molecule has 10 aromatic rings. The lowest BCUT2D eigenvalue weighted by molar-refractivity contribution is 1.32. The first-order valence-electron chi connectivity index (χ1n) is 15.9. The van der Waals surface area contributed by atoms with Crippen LogP contribution in [0.25, 0.3) is 73.0 Å². The highest BCUT2D eigenvalue weighted by Crippen LogP contribution is 2.48. The van der Waals surface area contributed by atoms with Crippen molar-refractivity contribution in [2.24, 2.45) is 0 Å². The third-order valence-electron chi connectivity index (χ3n) is 9.45. The number of nitrogens with zero attached hydrogens (tertiary/aromatic N) is 1. The van der Waals surface area contributed by atoms with E-state index in [0.717, 1.165) is 5.69 Å². The van der Waals surface area contributed by atoms with Gasteiger partial charge in [-0.05, 0) is 69.8 Å². The fourth-order valence-electron chi connectivity index (χ4n) is 7.34. The lowest BCUT2D eigenvalue weighted by Gasteiger charge is -2.28. The smallest absolute Gasteiger partial charge is 0.0640 e. The molecular weight excluding hydrogens is 607 g/mol. The zero-order chi connectivity index (χ0) is 30.9. The molecule has 2 heterocycles. The minimum Gasteiger partial charge on any atom is -0.308 e. The van der Waals surface area contributed by atoms with Gasteiger partial charge in [0.1, 0.15) is 0 Å². The maximum absolute atomic E-state index is 2.48. The van der Waals surface area contributed by atoms with Gasteiger partial charge in [0.2, 0.25) is 0 Å². The summed E-state index contributed by atoms with van der Waals surface area (Å²) in [7, 11) is 0. The van der Waals surface area contributed by atoms with E-state index in [-0.39, 0.29) is 0 Å². The Labute approximate surface area is 280 Å². The van der Waals surface area contributed by atoms with Crippen LogP contribution in [-0.4, -0.2) is 0 Å². The third-order valence-corrected chi connectivity index (χ3v) is 11.8. The zero-order valence-electron chi connectivity index (χ0n) is 25.4. The van der Waals surface area contributed by atoms with E-state index >= 15 is 0 Å². The van der Waals surface area contributed by atoms with Crippen LogP contribution in [0.4, 0.5) is 17.1 Å². The molecule has 0 saturated carbocycles. The fourth-order valence-corrected chi connectivity index (χ4v) is 9.68. The SMILES string of the molecule is c1ccc2c(c1)cc(N(c1ccc(-c3cccc4sc5ccccc5c34)cc1)c1cccc3c1sc1ccccc13)c1ccccc12. The highest BCUT2D eigenvalue weighted by molar-refractivity contribution is 7.26. The summed E-state index contributed by atoms with van der Waals surface area (Å²) >= 11 is 3.75. The van der Waals surface area contributed by atoms with Crippen molar-refractivity contribution in [1.29, 1.82) is 0 Å². The number of thiophene rings is 2. The van der Waals surface area contributed by atoms with Crippen LogP contribution in [0, 0.1) is 0 Å². The summed E-state index contributed by atoms with van der Waals surface area (Å²) in [6, 6.07) is 60.2. The van der Waals surface area contributed by atoms with Crippen LogP contribution in [0.15, 0.2) is 164 Å². The molecule has 0 radical (unpaired) electrons. The Morgan fingerprint density at radius 2 is 1.00 bits per heavy atom. The number of hydrogen-bond acceptors (Lipinski definition) is 3. The minimum atomic E-state index is 1.14. The van der Waals surface area contributed by atoms with Crippen LogP contribution in [0.2, 0.25) is 0 Å². The van der Waals surface area contributed by atoms with Crippen LogP contribution < -0.4 is 4.90 Å². The molecule has 0 unspecified atom stereocenters. The van der Waals surface area contributed by atoms with Crippen molar-refractivity contribution >= 4 is 102 Å². The van der Waals surface area contributed by atoms with Crippen LogP contribution in [-0.2, 0) is 0 Å². The summed E-state index contributed by atoms with van der Waals surface area (Å²) in [5.74, 6) is 0. The highest BCUT2D eigenvalue weighted by atomic mass is 32.1. The molecule has 0 aliphatic heterocycles. The monoisotopic (exact) mass is 633 g/mol.